The summed E-state index contributed by atoms with van der Waals surface area (Å²) in [7, 11) is 0. The molecular weight excluding hydrogens is 294 g/mol. The normalized spacial score (nSPS) is 11.3. The Morgan fingerprint density at radius 1 is 0.955 bits per heavy atom. The van der Waals surface area contributed by atoms with Gasteiger partial charge in [-0.2, -0.15) is 0 Å². The van der Waals surface area contributed by atoms with Gasteiger partial charge in [0, 0.05) is 26.9 Å². The highest BCUT2D eigenvalue weighted by atomic mass is 16.7. The molecule has 1 unspecified atom stereocenters. The Morgan fingerprint density at radius 2 is 1.50 bits per heavy atom. The van der Waals surface area contributed by atoms with Crippen LogP contribution in [0.5, 0.6) is 0 Å². The lowest BCUT2D eigenvalue weighted by atomic mass is 10.3. The molecule has 0 N–H and O–H groups in total. The Morgan fingerprint density at radius 3 is 2.00 bits per heavy atom. The maximum Gasteiger partial charge on any atom is 0.309 e. The Balaban J connectivity index is 3.96. The smallest absolute Gasteiger partial charge is 0.309 e. The molecule has 0 bridgehead atoms. The average molecular weight is 317 g/mol. The van der Waals surface area contributed by atoms with Crippen LogP contribution in [-0.2, 0) is 33.4 Å². The lowest BCUT2D eigenvalue weighted by molar-refractivity contribution is -0.183. The SMILES string of the molecule is CCN(CC)C(=O)COC(=O)CCC(=O)OC(C)OC(C)=O. The third-order valence-corrected chi connectivity index (χ3v) is 2.64. The van der Waals surface area contributed by atoms with E-state index in [-0.39, 0.29) is 25.4 Å². The first kappa shape index (κ1) is 19.9. The second-order valence-corrected chi connectivity index (χ2v) is 4.39. The van der Waals surface area contributed by atoms with Gasteiger partial charge in [-0.25, -0.2) is 0 Å². The van der Waals surface area contributed by atoms with Crippen LogP contribution in [0.25, 0.3) is 0 Å². The maximum absolute atomic E-state index is 11.6. The summed E-state index contributed by atoms with van der Waals surface area (Å²) in [6, 6.07) is 0. The van der Waals surface area contributed by atoms with Gasteiger partial charge in [0.15, 0.2) is 6.61 Å². The number of carbonyl (C=O) groups is 4. The highest BCUT2D eigenvalue weighted by molar-refractivity contribution is 5.82. The van der Waals surface area contributed by atoms with Crippen LogP contribution in [0.4, 0.5) is 0 Å². The molecular formula is C14H23NO7. The number of carbonyl (C=O) groups excluding carboxylic acids is 4. The zero-order valence-corrected chi connectivity index (χ0v) is 13.4. The van der Waals surface area contributed by atoms with Gasteiger partial charge in [0.05, 0.1) is 12.8 Å². The van der Waals surface area contributed by atoms with Crippen LogP contribution < -0.4 is 0 Å². The first-order valence-corrected chi connectivity index (χ1v) is 7.10. The molecule has 0 aromatic rings. The molecule has 1 amide bonds. The van der Waals surface area contributed by atoms with Crippen molar-refractivity contribution in [3.8, 4) is 0 Å². The molecule has 0 aliphatic heterocycles. The summed E-state index contributed by atoms with van der Waals surface area (Å²) in [5.41, 5.74) is 0. The predicted octanol–water partition coefficient (Wildman–Crippen LogP) is 0.630. The van der Waals surface area contributed by atoms with Crippen molar-refractivity contribution in [2.75, 3.05) is 19.7 Å². The molecule has 0 spiro atoms. The third-order valence-electron chi connectivity index (χ3n) is 2.64. The van der Waals surface area contributed by atoms with Gasteiger partial charge in [0.1, 0.15) is 0 Å². The standard InChI is InChI=1S/C14H23NO7/c1-5-15(6-2)12(17)9-20-13(18)7-8-14(19)22-11(4)21-10(3)16/h11H,5-9H2,1-4H3. The van der Waals surface area contributed by atoms with E-state index < -0.39 is 24.2 Å². The van der Waals surface area contributed by atoms with Crippen molar-refractivity contribution in [1.82, 2.24) is 4.90 Å². The van der Waals surface area contributed by atoms with E-state index in [1.807, 2.05) is 13.8 Å². The molecule has 22 heavy (non-hydrogen) atoms. The molecule has 8 nitrogen and oxygen atoms in total. The third kappa shape index (κ3) is 8.93. The largest absolute Gasteiger partial charge is 0.456 e. The molecule has 0 rings (SSSR count). The van der Waals surface area contributed by atoms with Gasteiger partial charge in [-0.05, 0) is 13.8 Å². The van der Waals surface area contributed by atoms with E-state index in [1.54, 1.807) is 0 Å². The summed E-state index contributed by atoms with van der Waals surface area (Å²) < 4.78 is 14.1. The van der Waals surface area contributed by atoms with Crippen molar-refractivity contribution < 1.29 is 33.4 Å². The van der Waals surface area contributed by atoms with Crippen LogP contribution in [0.15, 0.2) is 0 Å². The Bertz CT molecular complexity index is 404. The minimum absolute atomic E-state index is 0.211. The molecule has 1 atom stereocenters. The van der Waals surface area contributed by atoms with Crippen LogP contribution >= 0.6 is 0 Å². The van der Waals surface area contributed by atoms with E-state index in [4.69, 9.17) is 9.47 Å². The predicted molar refractivity (Wildman–Crippen MR) is 75.4 cm³/mol. The fourth-order valence-corrected chi connectivity index (χ4v) is 1.59. The van der Waals surface area contributed by atoms with E-state index in [0.29, 0.717) is 13.1 Å². The van der Waals surface area contributed by atoms with Crippen molar-refractivity contribution in [2.24, 2.45) is 0 Å². The summed E-state index contributed by atoms with van der Waals surface area (Å²) in [5, 5.41) is 0. The van der Waals surface area contributed by atoms with E-state index in [1.165, 1.54) is 18.7 Å². The van der Waals surface area contributed by atoms with Gasteiger partial charge < -0.3 is 19.1 Å². The average Bonchev–Trinajstić information content (AvgIpc) is 2.43. The summed E-state index contributed by atoms with van der Waals surface area (Å²) in [4.78, 5) is 46.6. The lowest BCUT2D eigenvalue weighted by Crippen LogP contribution is -2.34. The molecule has 0 aromatic heterocycles. The molecule has 0 fully saturated rings. The first-order valence-electron chi connectivity index (χ1n) is 7.10. The number of esters is 3. The van der Waals surface area contributed by atoms with Crippen molar-refractivity contribution in [3.05, 3.63) is 0 Å². The van der Waals surface area contributed by atoms with E-state index in [0.717, 1.165) is 0 Å². The van der Waals surface area contributed by atoms with Crippen LogP contribution in [0.2, 0.25) is 0 Å². The van der Waals surface area contributed by atoms with E-state index in [2.05, 4.69) is 4.74 Å². The molecule has 126 valence electrons. The Kier molecular flexibility index (Phi) is 9.56. The topological polar surface area (TPSA) is 99.2 Å². The number of ether oxygens (including phenoxy) is 3. The highest BCUT2D eigenvalue weighted by Crippen LogP contribution is 2.01. The first-order chi connectivity index (χ1) is 10.3. The maximum atomic E-state index is 11.6. The van der Waals surface area contributed by atoms with Gasteiger partial charge in [0.25, 0.3) is 5.91 Å². The second kappa shape index (κ2) is 10.6. The van der Waals surface area contributed by atoms with E-state index in [9.17, 15) is 19.2 Å². The number of rotatable bonds is 9. The minimum atomic E-state index is -1.01. The molecule has 0 aliphatic rings. The zero-order valence-electron chi connectivity index (χ0n) is 13.4. The summed E-state index contributed by atoms with van der Waals surface area (Å²) in [6.07, 6.45) is -1.44. The number of likely N-dealkylation sites (N-methyl/N-ethyl adjacent to an activating group) is 1. The number of amides is 1. The summed E-state index contributed by atoms with van der Waals surface area (Å²) in [5.74, 6) is -2.22. The molecule has 0 saturated carbocycles. The molecule has 0 aliphatic carbocycles. The van der Waals surface area contributed by atoms with Gasteiger partial charge in [0.2, 0.25) is 6.29 Å². The van der Waals surface area contributed by atoms with Crippen molar-refractivity contribution >= 4 is 23.8 Å². The number of hydrogen-bond acceptors (Lipinski definition) is 7. The highest BCUT2D eigenvalue weighted by Gasteiger charge is 2.16. The van der Waals surface area contributed by atoms with Crippen molar-refractivity contribution in [1.29, 1.82) is 0 Å². The lowest BCUT2D eigenvalue weighted by Gasteiger charge is -2.18. The summed E-state index contributed by atoms with van der Waals surface area (Å²) in [6.45, 7) is 6.95. The minimum Gasteiger partial charge on any atom is -0.456 e. The van der Waals surface area contributed by atoms with Crippen LogP contribution in [-0.4, -0.2) is 54.7 Å². The quantitative estimate of drug-likeness (QED) is 0.454. The van der Waals surface area contributed by atoms with Crippen molar-refractivity contribution in [3.63, 3.8) is 0 Å². The van der Waals surface area contributed by atoms with Gasteiger partial charge in [-0.15, -0.1) is 0 Å². The molecule has 0 saturated heterocycles. The van der Waals surface area contributed by atoms with Crippen molar-refractivity contribution in [2.45, 2.75) is 46.8 Å². The van der Waals surface area contributed by atoms with E-state index >= 15 is 0 Å². The van der Waals surface area contributed by atoms with Crippen LogP contribution in [0, 0.1) is 0 Å². The van der Waals surface area contributed by atoms with Crippen LogP contribution in [0.3, 0.4) is 0 Å². The fraction of sp³-hybridized carbons (Fsp3) is 0.714. The molecule has 0 radical (unpaired) electrons. The number of hydrogen-bond donors (Lipinski definition) is 0. The zero-order chi connectivity index (χ0) is 17.1. The molecule has 0 aromatic carbocycles. The molecule has 0 heterocycles. The summed E-state index contributed by atoms with van der Waals surface area (Å²) >= 11 is 0. The second-order valence-electron chi connectivity index (χ2n) is 4.39. The number of nitrogens with zero attached hydrogens (tertiary/aromatic N) is 1. The fourth-order valence-electron chi connectivity index (χ4n) is 1.59. The van der Waals surface area contributed by atoms with Gasteiger partial charge in [-0.1, -0.05) is 0 Å². The van der Waals surface area contributed by atoms with Crippen LogP contribution in [0.1, 0.15) is 40.5 Å². The van der Waals surface area contributed by atoms with Gasteiger partial charge in [-0.3, -0.25) is 19.2 Å². The Hall–Kier alpha value is -2.12. The van der Waals surface area contributed by atoms with Gasteiger partial charge >= 0.3 is 17.9 Å². The molecule has 8 heteroatoms. The Labute approximate surface area is 129 Å². The monoisotopic (exact) mass is 317 g/mol.